The summed E-state index contributed by atoms with van der Waals surface area (Å²) in [5.74, 6) is 0.521. The predicted octanol–water partition coefficient (Wildman–Crippen LogP) is 1.15. The van der Waals surface area contributed by atoms with Crippen LogP contribution in [-0.2, 0) is 0 Å². The molecule has 0 bridgehead atoms. The summed E-state index contributed by atoms with van der Waals surface area (Å²) in [6, 6.07) is 5.14. The summed E-state index contributed by atoms with van der Waals surface area (Å²) in [5, 5.41) is 7.16. The quantitative estimate of drug-likeness (QED) is 0.835. The summed E-state index contributed by atoms with van der Waals surface area (Å²) in [4.78, 5) is 6.15. The summed E-state index contributed by atoms with van der Waals surface area (Å²) in [5.41, 5.74) is 7.33. The van der Waals surface area contributed by atoms with Crippen LogP contribution in [-0.4, -0.2) is 34.3 Å². The first-order chi connectivity index (χ1) is 8.72. The Labute approximate surface area is 104 Å². The molecule has 1 aliphatic heterocycles. The maximum atomic E-state index is 12.8. The standard InChI is InChI=1S/C12H14FN5/c13-8-1-2-10(15-6-8)11-5-12(17-16-11)18-4-3-9(14)7-18/h1-2,5-6,9H,3-4,7,14H2,(H,16,17). The lowest BCUT2D eigenvalue weighted by Crippen LogP contribution is -2.26. The number of H-pyrrole nitrogens is 1. The minimum atomic E-state index is -0.344. The van der Waals surface area contributed by atoms with Gasteiger partial charge in [-0.05, 0) is 18.6 Å². The van der Waals surface area contributed by atoms with E-state index in [1.54, 1.807) is 6.07 Å². The van der Waals surface area contributed by atoms with E-state index in [1.165, 1.54) is 12.3 Å². The Morgan fingerprint density at radius 2 is 2.33 bits per heavy atom. The number of anilines is 1. The summed E-state index contributed by atoms with van der Waals surface area (Å²) in [6.07, 6.45) is 2.18. The second kappa shape index (κ2) is 4.38. The van der Waals surface area contributed by atoms with Gasteiger partial charge in [-0.1, -0.05) is 0 Å². The van der Waals surface area contributed by atoms with Crippen molar-refractivity contribution in [1.29, 1.82) is 0 Å². The topological polar surface area (TPSA) is 70.8 Å². The zero-order valence-electron chi connectivity index (χ0n) is 9.81. The zero-order valence-corrected chi connectivity index (χ0v) is 9.81. The second-order valence-corrected chi connectivity index (χ2v) is 4.50. The molecule has 0 amide bonds. The van der Waals surface area contributed by atoms with Crippen molar-refractivity contribution >= 4 is 5.82 Å². The van der Waals surface area contributed by atoms with Gasteiger partial charge in [0.25, 0.3) is 0 Å². The van der Waals surface area contributed by atoms with Crippen LogP contribution in [0.1, 0.15) is 6.42 Å². The summed E-state index contributed by atoms with van der Waals surface area (Å²) < 4.78 is 12.8. The van der Waals surface area contributed by atoms with Crippen LogP contribution in [0.5, 0.6) is 0 Å². The Hall–Kier alpha value is -1.95. The lowest BCUT2D eigenvalue weighted by Gasteiger charge is -2.13. The molecule has 6 heteroatoms. The van der Waals surface area contributed by atoms with Crippen LogP contribution in [0.4, 0.5) is 10.2 Å². The molecule has 1 unspecified atom stereocenters. The first-order valence-corrected chi connectivity index (χ1v) is 5.90. The number of aromatic amines is 1. The molecule has 5 nitrogen and oxygen atoms in total. The van der Waals surface area contributed by atoms with Crippen molar-refractivity contribution in [2.45, 2.75) is 12.5 Å². The average Bonchev–Trinajstić information content (AvgIpc) is 2.98. The molecule has 18 heavy (non-hydrogen) atoms. The number of pyridine rings is 1. The van der Waals surface area contributed by atoms with Crippen molar-refractivity contribution < 1.29 is 4.39 Å². The molecule has 1 aliphatic rings. The molecule has 0 aromatic carbocycles. The van der Waals surface area contributed by atoms with E-state index in [0.717, 1.165) is 31.0 Å². The van der Waals surface area contributed by atoms with E-state index in [9.17, 15) is 4.39 Å². The highest BCUT2D eigenvalue weighted by atomic mass is 19.1. The minimum absolute atomic E-state index is 0.217. The van der Waals surface area contributed by atoms with Crippen molar-refractivity contribution in [1.82, 2.24) is 15.2 Å². The average molecular weight is 247 g/mol. The molecule has 0 saturated carbocycles. The summed E-state index contributed by atoms with van der Waals surface area (Å²) in [7, 11) is 0. The Kier molecular flexibility index (Phi) is 2.71. The molecule has 0 aliphatic carbocycles. The summed E-state index contributed by atoms with van der Waals surface area (Å²) in [6.45, 7) is 1.74. The zero-order chi connectivity index (χ0) is 12.5. The maximum Gasteiger partial charge on any atom is 0.151 e. The van der Waals surface area contributed by atoms with E-state index in [0.29, 0.717) is 5.69 Å². The van der Waals surface area contributed by atoms with Gasteiger partial charge >= 0.3 is 0 Å². The third-order valence-corrected chi connectivity index (χ3v) is 3.12. The minimum Gasteiger partial charge on any atom is -0.354 e. The van der Waals surface area contributed by atoms with Crippen molar-refractivity contribution in [3.8, 4) is 11.4 Å². The SMILES string of the molecule is NC1CCN(c2cc(-c3ccc(F)cn3)[nH]n2)C1. The monoisotopic (exact) mass is 247 g/mol. The Morgan fingerprint density at radius 1 is 1.44 bits per heavy atom. The normalized spacial score (nSPS) is 19.4. The van der Waals surface area contributed by atoms with E-state index in [4.69, 9.17) is 5.73 Å². The fourth-order valence-electron chi connectivity index (χ4n) is 2.13. The van der Waals surface area contributed by atoms with Gasteiger partial charge in [0.15, 0.2) is 5.82 Å². The molecule has 3 N–H and O–H groups in total. The summed E-state index contributed by atoms with van der Waals surface area (Å²) >= 11 is 0. The number of nitrogens with two attached hydrogens (primary N) is 1. The van der Waals surface area contributed by atoms with Crippen molar-refractivity contribution in [3.63, 3.8) is 0 Å². The molecular formula is C12H14FN5. The van der Waals surface area contributed by atoms with Gasteiger partial charge in [-0.3, -0.25) is 10.1 Å². The third kappa shape index (κ3) is 2.06. The first kappa shape index (κ1) is 11.2. The van der Waals surface area contributed by atoms with Crippen LogP contribution in [0.3, 0.4) is 0 Å². The van der Waals surface area contributed by atoms with Gasteiger partial charge in [0.2, 0.25) is 0 Å². The number of aromatic nitrogens is 3. The molecule has 2 aromatic heterocycles. The van der Waals surface area contributed by atoms with E-state index < -0.39 is 0 Å². The molecule has 1 atom stereocenters. The molecule has 3 rings (SSSR count). The number of hydrogen-bond donors (Lipinski definition) is 2. The highest BCUT2D eigenvalue weighted by Crippen LogP contribution is 2.22. The lowest BCUT2D eigenvalue weighted by atomic mass is 10.2. The van der Waals surface area contributed by atoms with Gasteiger partial charge in [-0.2, -0.15) is 5.10 Å². The number of nitrogens with one attached hydrogen (secondary N) is 1. The number of halogens is 1. The van der Waals surface area contributed by atoms with Crippen LogP contribution in [0.2, 0.25) is 0 Å². The van der Waals surface area contributed by atoms with Crippen molar-refractivity contribution in [2.24, 2.45) is 5.73 Å². The van der Waals surface area contributed by atoms with Crippen LogP contribution in [0, 0.1) is 5.82 Å². The fourth-order valence-corrected chi connectivity index (χ4v) is 2.13. The Balaban J connectivity index is 1.83. The molecular weight excluding hydrogens is 233 g/mol. The number of nitrogens with zero attached hydrogens (tertiary/aromatic N) is 3. The van der Waals surface area contributed by atoms with Gasteiger partial charge in [-0.25, -0.2) is 4.39 Å². The van der Waals surface area contributed by atoms with Crippen LogP contribution in [0.25, 0.3) is 11.4 Å². The highest BCUT2D eigenvalue weighted by molar-refractivity contribution is 5.59. The highest BCUT2D eigenvalue weighted by Gasteiger charge is 2.21. The maximum absolute atomic E-state index is 12.8. The second-order valence-electron chi connectivity index (χ2n) is 4.50. The molecule has 94 valence electrons. The van der Waals surface area contributed by atoms with Gasteiger partial charge in [0.05, 0.1) is 17.6 Å². The van der Waals surface area contributed by atoms with Gasteiger partial charge < -0.3 is 10.6 Å². The van der Waals surface area contributed by atoms with E-state index >= 15 is 0 Å². The molecule has 2 aromatic rings. The van der Waals surface area contributed by atoms with Gasteiger partial charge in [0.1, 0.15) is 5.82 Å². The first-order valence-electron chi connectivity index (χ1n) is 5.90. The predicted molar refractivity (Wildman–Crippen MR) is 66.6 cm³/mol. The fraction of sp³-hybridized carbons (Fsp3) is 0.333. The van der Waals surface area contributed by atoms with Crippen molar-refractivity contribution in [2.75, 3.05) is 18.0 Å². The van der Waals surface area contributed by atoms with Crippen molar-refractivity contribution in [3.05, 3.63) is 30.2 Å². The largest absolute Gasteiger partial charge is 0.354 e. The van der Waals surface area contributed by atoms with Gasteiger partial charge in [0, 0.05) is 25.2 Å². The van der Waals surface area contributed by atoms with E-state index in [1.807, 2.05) is 6.07 Å². The number of hydrogen-bond acceptors (Lipinski definition) is 4. The smallest absolute Gasteiger partial charge is 0.151 e. The van der Waals surface area contributed by atoms with Crippen LogP contribution >= 0.6 is 0 Å². The molecule has 0 radical (unpaired) electrons. The molecule has 1 saturated heterocycles. The van der Waals surface area contributed by atoms with E-state index in [-0.39, 0.29) is 11.9 Å². The Bertz CT molecular complexity index is 536. The van der Waals surface area contributed by atoms with E-state index in [2.05, 4.69) is 20.1 Å². The molecule has 3 heterocycles. The third-order valence-electron chi connectivity index (χ3n) is 3.12. The lowest BCUT2D eigenvalue weighted by molar-refractivity contribution is 0.622. The Morgan fingerprint density at radius 3 is 3.00 bits per heavy atom. The number of rotatable bonds is 2. The van der Waals surface area contributed by atoms with Crippen LogP contribution in [0.15, 0.2) is 24.4 Å². The molecule has 1 fully saturated rings. The van der Waals surface area contributed by atoms with Gasteiger partial charge in [-0.15, -0.1) is 0 Å². The van der Waals surface area contributed by atoms with Crippen LogP contribution < -0.4 is 10.6 Å². The molecule has 0 spiro atoms.